The van der Waals surface area contributed by atoms with E-state index in [0.717, 1.165) is 32.2 Å². The Balaban J connectivity index is 1.91. The highest BCUT2D eigenvalue weighted by Crippen LogP contribution is 2.34. The van der Waals surface area contributed by atoms with Gasteiger partial charge in [0.1, 0.15) is 11.3 Å². The van der Waals surface area contributed by atoms with E-state index in [1.54, 1.807) is 6.07 Å². The van der Waals surface area contributed by atoms with Crippen LogP contribution in [0.2, 0.25) is 0 Å². The molecule has 2 heterocycles. The molecule has 2 rings (SSSR count). The lowest BCUT2D eigenvalue weighted by Gasteiger charge is -2.26. The quantitative estimate of drug-likeness (QED) is 0.751. The number of methoxy groups -OCH3 is 1. The molecule has 0 aromatic carbocycles. The standard InChI is InChI=1S/C15H21NO4/c1-3-15(9-7-13(17)20-15)8-5-11-16-10-4-6-12(16)14(18)19-2/h4,6,10H,3,5,7-9,11H2,1-2H3/t15-/m1/s1. The molecule has 0 spiro atoms. The summed E-state index contributed by atoms with van der Waals surface area (Å²) in [4.78, 5) is 22.9. The number of rotatable bonds is 6. The van der Waals surface area contributed by atoms with Gasteiger partial charge in [-0.15, -0.1) is 0 Å². The lowest BCUT2D eigenvalue weighted by atomic mass is 9.91. The Morgan fingerprint density at radius 3 is 2.95 bits per heavy atom. The van der Waals surface area contributed by atoms with Crippen molar-refractivity contribution in [1.29, 1.82) is 0 Å². The molecule has 5 nitrogen and oxygen atoms in total. The van der Waals surface area contributed by atoms with Crippen molar-refractivity contribution >= 4 is 11.9 Å². The van der Waals surface area contributed by atoms with Crippen molar-refractivity contribution in [2.75, 3.05) is 7.11 Å². The number of carbonyl (C=O) groups excluding carboxylic acids is 2. The summed E-state index contributed by atoms with van der Waals surface area (Å²) in [7, 11) is 1.38. The van der Waals surface area contributed by atoms with Crippen LogP contribution in [0.15, 0.2) is 18.3 Å². The maximum absolute atomic E-state index is 11.6. The second-order valence-corrected chi connectivity index (χ2v) is 5.19. The first-order chi connectivity index (χ1) is 9.60. The second kappa shape index (κ2) is 6.11. The first kappa shape index (κ1) is 14.6. The fourth-order valence-corrected chi connectivity index (χ4v) is 2.75. The molecule has 1 aromatic heterocycles. The number of aromatic nitrogens is 1. The van der Waals surface area contributed by atoms with Gasteiger partial charge in [0.05, 0.1) is 7.11 Å². The summed E-state index contributed by atoms with van der Waals surface area (Å²) in [5.74, 6) is -0.421. The van der Waals surface area contributed by atoms with E-state index in [1.807, 2.05) is 23.8 Å². The summed E-state index contributed by atoms with van der Waals surface area (Å²) in [6.07, 6.45) is 5.72. The van der Waals surface area contributed by atoms with E-state index < -0.39 is 0 Å². The zero-order valence-electron chi connectivity index (χ0n) is 12.1. The van der Waals surface area contributed by atoms with E-state index in [2.05, 4.69) is 0 Å². The number of cyclic esters (lactones) is 1. The minimum atomic E-state index is -0.326. The number of esters is 2. The van der Waals surface area contributed by atoms with Gasteiger partial charge < -0.3 is 14.0 Å². The Morgan fingerprint density at radius 2 is 2.35 bits per heavy atom. The first-order valence-corrected chi connectivity index (χ1v) is 7.05. The van der Waals surface area contributed by atoms with E-state index in [0.29, 0.717) is 12.1 Å². The van der Waals surface area contributed by atoms with E-state index in [9.17, 15) is 9.59 Å². The predicted molar refractivity (Wildman–Crippen MR) is 73.4 cm³/mol. The summed E-state index contributed by atoms with van der Waals surface area (Å²) in [6.45, 7) is 2.77. The Morgan fingerprint density at radius 1 is 1.55 bits per heavy atom. The number of hydrogen-bond donors (Lipinski definition) is 0. The van der Waals surface area contributed by atoms with Crippen LogP contribution in [-0.2, 0) is 20.8 Å². The summed E-state index contributed by atoms with van der Waals surface area (Å²) in [5, 5.41) is 0. The van der Waals surface area contributed by atoms with E-state index in [-0.39, 0.29) is 17.5 Å². The Hall–Kier alpha value is -1.78. The Labute approximate surface area is 118 Å². The van der Waals surface area contributed by atoms with Gasteiger partial charge in [-0.3, -0.25) is 4.79 Å². The van der Waals surface area contributed by atoms with Crippen LogP contribution < -0.4 is 0 Å². The van der Waals surface area contributed by atoms with E-state index in [1.165, 1.54) is 7.11 Å². The molecule has 20 heavy (non-hydrogen) atoms. The average Bonchev–Trinajstić information content (AvgIpc) is 3.06. The minimum absolute atomic E-state index is 0.0944. The molecule has 1 aliphatic rings. The van der Waals surface area contributed by atoms with Crippen molar-refractivity contribution in [1.82, 2.24) is 4.57 Å². The highest BCUT2D eigenvalue weighted by atomic mass is 16.6. The van der Waals surface area contributed by atoms with Crippen LogP contribution in [0.3, 0.4) is 0 Å². The normalized spacial score (nSPS) is 21.8. The highest BCUT2D eigenvalue weighted by molar-refractivity contribution is 5.87. The Kier molecular flexibility index (Phi) is 4.47. The third-order valence-corrected chi connectivity index (χ3v) is 4.01. The molecule has 1 atom stereocenters. The molecule has 1 aliphatic heterocycles. The van der Waals surface area contributed by atoms with Crippen molar-refractivity contribution in [3.05, 3.63) is 24.0 Å². The van der Waals surface area contributed by atoms with Crippen molar-refractivity contribution < 1.29 is 19.1 Å². The van der Waals surface area contributed by atoms with Gasteiger partial charge in [-0.25, -0.2) is 4.79 Å². The summed E-state index contributed by atoms with van der Waals surface area (Å²) >= 11 is 0. The molecule has 0 N–H and O–H groups in total. The van der Waals surface area contributed by atoms with Crippen LogP contribution in [0.5, 0.6) is 0 Å². The van der Waals surface area contributed by atoms with Crippen molar-refractivity contribution in [2.24, 2.45) is 0 Å². The van der Waals surface area contributed by atoms with Crippen LogP contribution in [0.1, 0.15) is 49.5 Å². The fourth-order valence-electron chi connectivity index (χ4n) is 2.75. The summed E-state index contributed by atoms with van der Waals surface area (Å²) in [6, 6.07) is 3.58. The topological polar surface area (TPSA) is 57.5 Å². The van der Waals surface area contributed by atoms with Gasteiger partial charge in [0.2, 0.25) is 0 Å². The largest absolute Gasteiger partial charge is 0.464 e. The lowest BCUT2D eigenvalue weighted by Crippen LogP contribution is -2.28. The zero-order valence-corrected chi connectivity index (χ0v) is 12.1. The third-order valence-electron chi connectivity index (χ3n) is 4.01. The molecule has 5 heteroatoms. The van der Waals surface area contributed by atoms with Crippen molar-refractivity contribution in [3.8, 4) is 0 Å². The monoisotopic (exact) mass is 279 g/mol. The molecular formula is C15H21NO4. The maximum Gasteiger partial charge on any atom is 0.354 e. The highest BCUT2D eigenvalue weighted by Gasteiger charge is 2.38. The van der Waals surface area contributed by atoms with Crippen LogP contribution in [0, 0.1) is 0 Å². The van der Waals surface area contributed by atoms with Crippen molar-refractivity contribution in [3.63, 3.8) is 0 Å². The van der Waals surface area contributed by atoms with Crippen LogP contribution in [-0.4, -0.2) is 29.2 Å². The molecular weight excluding hydrogens is 258 g/mol. The molecule has 0 bridgehead atoms. The molecule has 0 saturated carbocycles. The number of nitrogens with zero attached hydrogens (tertiary/aromatic N) is 1. The lowest BCUT2D eigenvalue weighted by molar-refractivity contribution is -0.149. The number of ether oxygens (including phenoxy) is 2. The summed E-state index contributed by atoms with van der Waals surface area (Å²) in [5.41, 5.74) is 0.261. The van der Waals surface area contributed by atoms with Gasteiger partial charge in [-0.2, -0.15) is 0 Å². The van der Waals surface area contributed by atoms with Crippen LogP contribution >= 0.6 is 0 Å². The number of aryl methyl sites for hydroxylation is 1. The van der Waals surface area contributed by atoms with E-state index >= 15 is 0 Å². The molecule has 1 saturated heterocycles. The fraction of sp³-hybridized carbons (Fsp3) is 0.600. The minimum Gasteiger partial charge on any atom is -0.464 e. The van der Waals surface area contributed by atoms with Gasteiger partial charge in [-0.05, 0) is 37.8 Å². The molecule has 1 fully saturated rings. The van der Waals surface area contributed by atoms with Gasteiger partial charge in [0, 0.05) is 19.2 Å². The first-order valence-electron chi connectivity index (χ1n) is 7.05. The van der Waals surface area contributed by atoms with Crippen LogP contribution in [0.4, 0.5) is 0 Å². The van der Waals surface area contributed by atoms with Gasteiger partial charge in [-0.1, -0.05) is 6.92 Å². The van der Waals surface area contributed by atoms with Gasteiger partial charge >= 0.3 is 11.9 Å². The number of carbonyl (C=O) groups is 2. The third kappa shape index (κ3) is 3.03. The Bertz CT molecular complexity index is 494. The van der Waals surface area contributed by atoms with E-state index in [4.69, 9.17) is 9.47 Å². The molecule has 110 valence electrons. The van der Waals surface area contributed by atoms with Gasteiger partial charge in [0.25, 0.3) is 0 Å². The summed E-state index contributed by atoms with van der Waals surface area (Å²) < 4.78 is 12.1. The molecule has 0 amide bonds. The molecule has 0 radical (unpaired) electrons. The van der Waals surface area contributed by atoms with Crippen LogP contribution in [0.25, 0.3) is 0 Å². The second-order valence-electron chi connectivity index (χ2n) is 5.19. The smallest absolute Gasteiger partial charge is 0.354 e. The maximum atomic E-state index is 11.6. The average molecular weight is 279 g/mol. The SMILES string of the molecule is CC[C@@]1(CCCn2cccc2C(=O)OC)CCC(=O)O1. The molecule has 0 aliphatic carbocycles. The van der Waals surface area contributed by atoms with Crippen molar-refractivity contribution in [2.45, 2.75) is 51.2 Å². The number of hydrogen-bond acceptors (Lipinski definition) is 4. The molecule has 0 unspecified atom stereocenters. The molecule has 1 aromatic rings. The zero-order chi connectivity index (χ0) is 14.6. The predicted octanol–water partition coefficient (Wildman–Crippen LogP) is 2.54. The van der Waals surface area contributed by atoms with Gasteiger partial charge in [0.15, 0.2) is 0 Å².